The lowest BCUT2D eigenvalue weighted by molar-refractivity contribution is -0.188. The van der Waals surface area contributed by atoms with Crippen molar-refractivity contribution in [2.24, 2.45) is 5.92 Å². The molecule has 0 radical (unpaired) electrons. The summed E-state index contributed by atoms with van der Waals surface area (Å²) >= 11 is 0. The zero-order valence-electron chi connectivity index (χ0n) is 20.2. The first-order valence-electron chi connectivity index (χ1n) is 12.8. The second-order valence-electron chi connectivity index (χ2n) is 9.15. The molecule has 0 amide bonds. The molecule has 0 unspecified atom stereocenters. The van der Waals surface area contributed by atoms with Crippen molar-refractivity contribution < 1.29 is 24.2 Å². The van der Waals surface area contributed by atoms with Crippen molar-refractivity contribution in [3.63, 3.8) is 0 Å². The number of carbonyl (C=O) groups excluding carboxylic acids is 1. The van der Waals surface area contributed by atoms with E-state index in [1.165, 1.54) is 77.4 Å². The van der Waals surface area contributed by atoms with Crippen LogP contribution in [-0.4, -0.2) is 29.3 Å². The number of aliphatic carboxylic acids is 1. The van der Waals surface area contributed by atoms with Gasteiger partial charge in [-0.25, -0.2) is 4.79 Å². The van der Waals surface area contributed by atoms with E-state index in [0.717, 1.165) is 32.1 Å². The molecule has 5 heteroatoms. The molecule has 0 saturated carbocycles. The Balaban J connectivity index is 2.40. The van der Waals surface area contributed by atoms with Gasteiger partial charge in [-0.15, -0.1) is 0 Å². The van der Waals surface area contributed by atoms with Crippen molar-refractivity contribution in [2.45, 2.75) is 136 Å². The molecule has 1 rings (SSSR count). The number of hydrogen-bond donors (Lipinski definition) is 1. The zero-order valence-corrected chi connectivity index (χ0v) is 20.2. The number of cyclic esters (lactones) is 1. The van der Waals surface area contributed by atoms with Crippen molar-refractivity contribution >= 4 is 11.9 Å². The van der Waals surface area contributed by atoms with E-state index in [-0.39, 0.29) is 29.7 Å². The number of carboxylic acid groups (broad SMARTS) is 1. The Morgan fingerprint density at radius 1 is 0.968 bits per heavy atom. The van der Waals surface area contributed by atoms with Gasteiger partial charge in [0.2, 0.25) is 0 Å². The van der Waals surface area contributed by atoms with Crippen molar-refractivity contribution in [2.75, 3.05) is 0 Å². The molecule has 1 N–H and O–H groups in total. The molecular weight excluding hydrogens is 392 g/mol. The highest BCUT2D eigenvalue weighted by atomic mass is 16.6. The van der Waals surface area contributed by atoms with Crippen LogP contribution in [0.15, 0.2) is 11.8 Å². The smallest absolute Gasteiger partial charge is 0.334 e. The third kappa shape index (κ3) is 12.2. The highest BCUT2D eigenvalue weighted by Gasteiger charge is 2.42. The average molecular weight is 439 g/mol. The molecule has 180 valence electrons. The molecule has 0 bridgehead atoms. The summed E-state index contributed by atoms with van der Waals surface area (Å²) in [5.74, 6) is -1.07. The summed E-state index contributed by atoms with van der Waals surface area (Å²) in [7, 11) is 0. The van der Waals surface area contributed by atoms with Crippen molar-refractivity contribution in [1.29, 1.82) is 0 Å². The number of hydrogen-bond acceptors (Lipinski definition) is 4. The maximum absolute atomic E-state index is 11.9. The Morgan fingerprint density at radius 3 is 2.06 bits per heavy atom. The van der Waals surface area contributed by atoms with Crippen molar-refractivity contribution in [3.8, 4) is 0 Å². The van der Waals surface area contributed by atoms with E-state index in [1.807, 2.05) is 0 Å². The van der Waals surface area contributed by atoms with Crippen LogP contribution in [0.4, 0.5) is 0 Å². The Bertz CT molecular complexity index is 528. The van der Waals surface area contributed by atoms with Gasteiger partial charge in [-0.2, -0.15) is 0 Å². The van der Waals surface area contributed by atoms with Gasteiger partial charge in [0.05, 0.1) is 17.8 Å². The van der Waals surface area contributed by atoms with E-state index in [0.29, 0.717) is 6.42 Å². The van der Waals surface area contributed by atoms with Crippen LogP contribution < -0.4 is 0 Å². The Kier molecular flexibility index (Phi) is 15.2. The van der Waals surface area contributed by atoms with Gasteiger partial charge in [0.25, 0.3) is 0 Å². The molecule has 0 aliphatic carbocycles. The van der Waals surface area contributed by atoms with Gasteiger partial charge in [0.15, 0.2) is 0 Å². The lowest BCUT2D eigenvalue weighted by atomic mass is 9.86. The molecule has 1 fully saturated rings. The van der Waals surface area contributed by atoms with Gasteiger partial charge in [-0.1, -0.05) is 90.9 Å². The number of carbonyl (C=O) groups is 2. The van der Waals surface area contributed by atoms with Crippen LogP contribution in [0.25, 0.3) is 0 Å². The highest BCUT2D eigenvalue weighted by Crippen LogP contribution is 2.32. The maximum atomic E-state index is 11.9. The van der Waals surface area contributed by atoms with Crippen LogP contribution in [0.3, 0.4) is 0 Å². The molecule has 0 aromatic carbocycles. The Labute approximate surface area is 190 Å². The third-order valence-electron chi connectivity index (χ3n) is 6.29. The molecule has 31 heavy (non-hydrogen) atoms. The first kappa shape index (κ1) is 27.5. The predicted molar refractivity (Wildman–Crippen MR) is 125 cm³/mol. The summed E-state index contributed by atoms with van der Waals surface area (Å²) in [4.78, 5) is 23.0. The first-order valence-corrected chi connectivity index (χ1v) is 12.8. The van der Waals surface area contributed by atoms with Crippen LogP contribution in [-0.2, 0) is 19.1 Å². The van der Waals surface area contributed by atoms with Crippen molar-refractivity contribution in [1.82, 2.24) is 0 Å². The predicted octanol–water partition coefficient (Wildman–Crippen LogP) is 7.18. The first-order chi connectivity index (χ1) is 15.0. The van der Waals surface area contributed by atoms with Gasteiger partial charge in [-0.3, -0.25) is 4.79 Å². The number of unbranched alkanes of at least 4 members (excludes halogenated alkanes) is 11. The fourth-order valence-corrected chi connectivity index (χ4v) is 4.14. The van der Waals surface area contributed by atoms with E-state index < -0.39 is 5.97 Å². The second-order valence-corrected chi connectivity index (χ2v) is 9.15. The summed E-state index contributed by atoms with van der Waals surface area (Å²) < 4.78 is 11.3. The summed E-state index contributed by atoms with van der Waals surface area (Å²) in [5, 5.41) is 9.08. The quantitative estimate of drug-likeness (QED) is 0.0943. The molecule has 1 aliphatic rings. The largest absolute Gasteiger partial charge is 0.497 e. The van der Waals surface area contributed by atoms with E-state index in [2.05, 4.69) is 13.8 Å². The SMILES string of the molecule is CCCCCCCCCCC[C@@H](C[C@@H]1OC(=O)[C@H]1CCCCCC)OC=C(C)C(=O)O. The van der Waals surface area contributed by atoms with Gasteiger partial charge in [0, 0.05) is 6.42 Å². The molecule has 0 aromatic rings. The van der Waals surface area contributed by atoms with E-state index >= 15 is 0 Å². The molecule has 5 nitrogen and oxygen atoms in total. The zero-order chi connectivity index (χ0) is 22.9. The lowest BCUT2D eigenvalue weighted by Gasteiger charge is -2.37. The molecule has 0 aromatic heterocycles. The topological polar surface area (TPSA) is 72.8 Å². The Hall–Kier alpha value is -1.52. The molecular formula is C26H46O5. The van der Waals surface area contributed by atoms with Crippen LogP contribution >= 0.6 is 0 Å². The van der Waals surface area contributed by atoms with Gasteiger partial charge in [-0.05, 0) is 26.2 Å². The third-order valence-corrected chi connectivity index (χ3v) is 6.29. The van der Waals surface area contributed by atoms with E-state index in [1.54, 1.807) is 0 Å². The molecule has 1 aliphatic heterocycles. The van der Waals surface area contributed by atoms with Gasteiger partial charge < -0.3 is 14.6 Å². The molecule has 1 heterocycles. The lowest BCUT2D eigenvalue weighted by Crippen LogP contribution is -2.46. The second kappa shape index (κ2) is 17.1. The van der Waals surface area contributed by atoms with Crippen LogP contribution in [0.1, 0.15) is 124 Å². The maximum Gasteiger partial charge on any atom is 0.334 e. The standard InChI is InChI=1S/C26H46O5/c1-4-6-8-10-11-12-13-14-15-17-22(30-20-21(3)25(27)28)19-24-23(26(29)31-24)18-16-9-7-5-2/h20,22-24H,4-19H2,1-3H3,(H,27,28)/t22-,23-,24-/m0/s1. The fraction of sp³-hybridized carbons (Fsp3) is 0.846. The summed E-state index contributed by atoms with van der Waals surface area (Å²) in [5.41, 5.74) is 0.193. The van der Waals surface area contributed by atoms with Crippen LogP contribution in [0.2, 0.25) is 0 Å². The average Bonchev–Trinajstić information content (AvgIpc) is 2.74. The minimum atomic E-state index is -0.967. The van der Waals surface area contributed by atoms with Crippen LogP contribution in [0.5, 0.6) is 0 Å². The fourth-order valence-electron chi connectivity index (χ4n) is 4.14. The molecule has 3 atom stereocenters. The number of esters is 1. The summed E-state index contributed by atoms with van der Waals surface area (Å²) in [6.07, 6.45) is 19.6. The van der Waals surface area contributed by atoms with Crippen LogP contribution in [0, 0.1) is 5.92 Å². The highest BCUT2D eigenvalue weighted by molar-refractivity contribution is 5.85. The molecule has 1 saturated heterocycles. The molecule has 0 spiro atoms. The number of ether oxygens (including phenoxy) is 2. The monoisotopic (exact) mass is 438 g/mol. The number of carboxylic acids is 1. The summed E-state index contributed by atoms with van der Waals surface area (Å²) in [6, 6.07) is 0. The minimum Gasteiger partial charge on any atom is -0.497 e. The minimum absolute atomic E-state index is 0.0179. The van der Waals surface area contributed by atoms with Gasteiger partial charge >= 0.3 is 11.9 Å². The van der Waals surface area contributed by atoms with Crippen molar-refractivity contribution in [3.05, 3.63) is 11.8 Å². The Morgan fingerprint density at radius 2 is 1.52 bits per heavy atom. The normalized spacial score (nSPS) is 19.6. The van der Waals surface area contributed by atoms with Gasteiger partial charge in [0.1, 0.15) is 12.2 Å². The van der Waals surface area contributed by atoms with E-state index in [4.69, 9.17) is 14.6 Å². The number of rotatable bonds is 20. The summed E-state index contributed by atoms with van der Waals surface area (Å²) in [6.45, 7) is 5.96. The van der Waals surface area contributed by atoms with E-state index in [9.17, 15) is 9.59 Å².